The Balaban J connectivity index is 2.43. The lowest BCUT2D eigenvalue weighted by molar-refractivity contribution is -0.116. The van der Waals surface area contributed by atoms with Gasteiger partial charge in [0.1, 0.15) is 0 Å². The van der Waals surface area contributed by atoms with E-state index in [1.165, 1.54) is 6.08 Å². The van der Waals surface area contributed by atoms with Gasteiger partial charge in [0.25, 0.3) is 0 Å². The number of carbonyl (C=O) groups excluding carboxylic acids is 1. The molecular formula is C8H11N3O. The van der Waals surface area contributed by atoms with Crippen LogP contribution < -0.4 is 5.32 Å². The minimum Gasteiger partial charge on any atom is -0.347 e. The summed E-state index contributed by atoms with van der Waals surface area (Å²) in [7, 11) is 1.83. The predicted molar refractivity (Wildman–Crippen MR) is 45.3 cm³/mol. The van der Waals surface area contributed by atoms with E-state index in [4.69, 9.17) is 0 Å². The summed E-state index contributed by atoms with van der Waals surface area (Å²) >= 11 is 0. The van der Waals surface area contributed by atoms with Crippen LogP contribution in [0.3, 0.4) is 0 Å². The summed E-state index contributed by atoms with van der Waals surface area (Å²) in [6, 6.07) is 1.85. The molecule has 0 aliphatic carbocycles. The highest BCUT2D eigenvalue weighted by atomic mass is 16.1. The number of aromatic nitrogens is 2. The highest BCUT2D eigenvalue weighted by Crippen LogP contribution is 1.92. The molecule has 0 bridgehead atoms. The van der Waals surface area contributed by atoms with Crippen LogP contribution in [0.15, 0.2) is 24.9 Å². The third kappa shape index (κ3) is 2.23. The van der Waals surface area contributed by atoms with Gasteiger partial charge in [-0.2, -0.15) is 5.10 Å². The van der Waals surface area contributed by atoms with Gasteiger partial charge in [0, 0.05) is 13.2 Å². The first-order chi connectivity index (χ1) is 5.72. The first kappa shape index (κ1) is 8.52. The average molecular weight is 165 g/mol. The molecule has 0 radical (unpaired) electrons. The van der Waals surface area contributed by atoms with Crippen molar-refractivity contribution in [2.75, 3.05) is 0 Å². The van der Waals surface area contributed by atoms with Crippen LogP contribution in [0.5, 0.6) is 0 Å². The maximum Gasteiger partial charge on any atom is 0.243 e. The summed E-state index contributed by atoms with van der Waals surface area (Å²) in [6.07, 6.45) is 3.07. The molecule has 0 saturated heterocycles. The van der Waals surface area contributed by atoms with Gasteiger partial charge in [-0.15, -0.1) is 0 Å². The quantitative estimate of drug-likeness (QED) is 0.651. The lowest BCUT2D eigenvalue weighted by atomic mass is 10.4. The van der Waals surface area contributed by atoms with E-state index in [1.807, 2.05) is 19.3 Å². The van der Waals surface area contributed by atoms with E-state index in [0.717, 1.165) is 5.69 Å². The minimum absolute atomic E-state index is 0.180. The molecule has 0 atom stereocenters. The number of nitrogens with zero attached hydrogens (tertiary/aromatic N) is 2. The van der Waals surface area contributed by atoms with Gasteiger partial charge < -0.3 is 5.32 Å². The van der Waals surface area contributed by atoms with Crippen molar-refractivity contribution in [1.29, 1.82) is 0 Å². The first-order valence-corrected chi connectivity index (χ1v) is 3.61. The van der Waals surface area contributed by atoms with E-state index in [0.29, 0.717) is 6.54 Å². The zero-order chi connectivity index (χ0) is 8.97. The molecule has 1 N–H and O–H groups in total. The fourth-order valence-corrected chi connectivity index (χ4v) is 0.807. The van der Waals surface area contributed by atoms with Crippen molar-refractivity contribution in [3.05, 3.63) is 30.6 Å². The van der Waals surface area contributed by atoms with Crippen LogP contribution in [0, 0.1) is 0 Å². The molecule has 12 heavy (non-hydrogen) atoms. The van der Waals surface area contributed by atoms with Crippen molar-refractivity contribution in [3.8, 4) is 0 Å². The summed E-state index contributed by atoms with van der Waals surface area (Å²) in [6.45, 7) is 3.79. The molecule has 1 aromatic heterocycles. The van der Waals surface area contributed by atoms with E-state index >= 15 is 0 Å². The maximum atomic E-state index is 10.7. The van der Waals surface area contributed by atoms with Gasteiger partial charge in [-0.25, -0.2) is 0 Å². The van der Waals surface area contributed by atoms with Crippen molar-refractivity contribution < 1.29 is 4.79 Å². The van der Waals surface area contributed by atoms with Crippen LogP contribution in [0.1, 0.15) is 5.69 Å². The minimum atomic E-state index is -0.180. The molecule has 1 aromatic rings. The van der Waals surface area contributed by atoms with Crippen molar-refractivity contribution in [1.82, 2.24) is 15.1 Å². The summed E-state index contributed by atoms with van der Waals surface area (Å²) in [4.78, 5) is 10.7. The molecule has 0 fully saturated rings. The van der Waals surface area contributed by atoms with Gasteiger partial charge in [0.05, 0.1) is 12.2 Å². The van der Waals surface area contributed by atoms with E-state index < -0.39 is 0 Å². The predicted octanol–water partition coefficient (Wildman–Crippen LogP) is 0.222. The van der Waals surface area contributed by atoms with Crippen LogP contribution in [-0.4, -0.2) is 15.7 Å². The molecule has 0 saturated carbocycles. The Kier molecular flexibility index (Phi) is 2.63. The molecule has 0 aliphatic heterocycles. The third-order valence-corrected chi connectivity index (χ3v) is 1.40. The number of nitrogens with one attached hydrogen (secondary N) is 1. The Morgan fingerprint density at radius 2 is 2.67 bits per heavy atom. The van der Waals surface area contributed by atoms with Gasteiger partial charge in [-0.05, 0) is 12.1 Å². The van der Waals surface area contributed by atoms with E-state index in [1.54, 1.807) is 4.68 Å². The summed E-state index contributed by atoms with van der Waals surface area (Å²) in [5, 5.41) is 6.71. The molecular weight excluding hydrogens is 154 g/mol. The summed E-state index contributed by atoms with van der Waals surface area (Å²) in [5.41, 5.74) is 0.840. The SMILES string of the molecule is C=CC(=O)NCc1ccn(C)n1. The molecule has 64 valence electrons. The largest absolute Gasteiger partial charge is 0.347 e. The maximum absolute atomic E-state index is 10.7. The molecule has 0 unspecified atom stereocenters. The summed E-state index contributed by atoms with van der Waals surface area (Å²) in [5.74, 6) is -0.180. The van der Waals surface area contributed by atoms with Crippen LogP contribution in [-0.2, 0) is 18.4 Å². The van der Waals surface area contributed by atoms with Gasteiger partial charge in [-0.3, -0.25) is 9.48 Å². The highest BCUT2D eigenvalue weighted by Gasteiger charge is 1.97. The van der Waals surface area contributed by atoms with Gasteiger partial charge >= 0.3 is 0 Å². The second-order valence-corrected chi connectivity index (χ2v) is 2.40. The fourth-order valence-electron chi connectivity index (χ4n) is 0.807. The Morgan fingerprint density at radius 3 is 3.17 bits per heavy atom. The standard InChI is InChI=1S/C8H11N3O/c1-3-8(12)9-6-7-4-5-11(2)10-7/h3-5H,1,6H2,2H3,(H,9,12). The van der Waals surface area contributed by atoms with Crippen molar-refractivity contribution in [3.63, 3.8) is 0 Å². The van der Waals surface area contributed by atoms with Crippen LogP contribution in [0.25, 0.3) is 0 Å². The smallest absolute Gasteiger partial charge is 0.243 e. The molecule has 4 nitrogen and oxygen atoms in total. The van der Waals surface area contributed by atoms with E-state index in [2.05, 4.69) is 17.0 Å². The number of hydrogen-bond donors (Lipinski definition) is 1. The lowest BCUT2D eigenvalue weighted by Crippen LogP contribution is -2.20. The molecule has 1 rings (SSSR count). The zero-order valence-electron chi connectivity index (χ0n) is 6.95. The van der Waals surface area contributed by atoms with Crippen molar-refractivity contribution in [2.45, 2.75) is 6.54 Å². The van der Waals surface area contributed by atoms with Crippen LogP contribution >= 0.6 is 0 Å². The van der Waals surface area contributed by atoms with Crippen molar-refractivity contribution in [2.24, 2.45) is 7.05 Å². The number of aryl methyl sites for hydroxylation is 1. The molecule has 0 spiro atoms. The van der Waals surface area contributed by atoms with Crippen molar-refractivity contribution >= 4 is 5.91 Å². The lowest BCUT2D eigenvalue weighted by Gasteiger charge is -1.96. The van der Waals surface area contributed by atoms with Gasteiger partial charge in [-0.1, -0.05) is 6.58 Å². The van der Waals surface area contributed by atoms with E-state index in [9.17, 15) is 4.79 Å². The Morgan fingerprint density at radius 1 is 1.92 bits per heavy atom. The number of amides is 1. The Labute approximate surface area is 70.9 Å². The van der Waals surface area contributed by atoms with Gasteiger partial charge in [0.2, 0.25) is 5.91 Å². The van der Waals surface area contributed by atoms with Crippen LogP contribution in [0.4, 0.5) is 0 Å². The monoisotopic (exact) mass is 165 g/mol. The van der Waals surface area contributed by atoms with E-state index in [-0.39, 0.29) is 5.91 Å². The summed E-state index contributed by atoms with van der Waals surface area (Å²) < 4.78 is 1.69. The topological polar surface area (TPSA) is 46.9 Å². The third-order valence-electron chi connectivity index (χ3n) is 1.40. The first-order valence-electron chi connectivity index (χ1n) is 3.61. The molecule has 0 aliphatic rings. The number of hydrogen-bond acceptors (Lipinski definition) is 2. The molecule has 4 heteroatoms. The normalized spacial score (nSPS) is 9.42. The number of rotatable bonds is 3. The molecule has 1 heterocycles. The highest BCUT2D eigenvalue weighted by molar-refractivity contribution is 5.86. The molecule has 1 amide bonds. The Hall–Kier alpha value is -1.58. The zero-order valence-corrected chi connectivity index (χ0v) is 6.95. The molecule has 0 aromatic carbocycles. The second-order valence-electron chi connectivity index (χ2n) is 2.40. The fraction of sp³-hybridized carbons (Fsp3) is 0.250. The van der Waals surface area contributed by atoms with Crippen LogP contribution in [0.2, 0.25) is 0 Å². The average Bonchev–Trinajstić information content (AvgIpc) is 2.47. The Bertz CT molecular complexity index is 290. The van der Waals surface area contributed by atoms with Gasteiger partial charge in [0.15, 0.2) is 0 Å². The number of carbonyl (C=O) groups is 1. The second kappa shape index (κ2) is 3.71.